The average Bonchev–Trinajstić information content (AvgIpc) is 3.03. The number of nitriles is 1. The molecule has 0 amide bonds. The van der Waals surface area contributed by atoms with Crippen LogP contribution in [0, 0.1) is 11.3 Å². The Bertz CT molecular complexity index is 1080. The van der Waals surface area contributed by atoms with E-state index in [4.69, 9.17) is 10.5 Å². The van der Waals surface area contributed by atoms with Crippen LogP contribution in [0.15, 0.2) is 59.2 Å². The molecule has 0 atom stereocenters. The van der Waals surface area contributed by atoms with Gasteiger partial charge in [-0.25, -0.2) is 4.79 Å². The first-order chi connectivity index (χ1) is 13.0. The van der Waals surface area contributed by atoms with Crippen LogP contribution in [0.4, 0.5) is 5.69 Å². The maximum atomic E-state index is 13.1. The Balaban J connectivity index is 2.27. The van der Waals surface area contributed by atoms with Gasteiger partial charge >= 0.3 is 5.97 Å². The van der Waals surface area contributed by atoms with E-state index >= 15 is 0 Å². The van der Waals surface area contributed by atoms with Gasteiger partial charge in [0.1, 0.15) is 6.07 Å². The molecule has 3 aromatic rings. The zero-order valence-electron chi connectivity index (χ0n) is 14.3. The minimum absolute atomic E-state index is 0.00140. The van der Waals surface area contributed by atoms with Crippen molar-refractivity contribution in [1.82, 2.24) is 4.57 Å². The summed E-state index contributed by atoms with van der Waals surface area (Å²) < 4.78 is 6.92. The number of ketones is 1. The van der Waals surface area contributed by atoms with Gasteiger partial charge < -0.3 is 15.0 Å². The second-order valence-corrected chi connectivity index (χ2v) is 6.55. The van der Waals surface area contributed by atoms with E-state index in [9.17, 15) is 14.9 Å². The molecular weight excluding hydrogens is 410 g/mol. The molecule has 1 heterocycles. The van der Waals surface area contributed by atoms with E-state index in [1.54, 1.807) is 42.5 Å². The highest BCUT2D eigenvalue weighted by Crippen LogP contribution is 2.29. The molecule has 2 aromatic carbocycles. The lowest BCUT2D eigenvalue weighted by atomic mass is 10.0. The Morgan fingerprint density at radius 2 is 1.89 bits per heavy atom. The maximum absolute atomic E-state index is 13.1. The standard InChI is InChI=1S/C20H14BrN3O3/c1-27-20(26)18-17(23)13(10-22)11-24(18)16-8-7-14(21)9-15(16)19(25)12-5-3-2-4-6-12/h2-9,11H,23H2,1H3. The summed E-state index contributed by atoms with van der Waals surface area (Å²) >= 11 is 3.37. The number of carbonyl (C=O) groups excluding carboxylic acids is 2. The van der Waals surface area contributed by atoms with Crippen molar-refractivity contribution in [2.45, 2.75) is 0 Å². The number of carbonyl (C=O) groups is 2. The van der Waals surface area contributed by atoms with Crippen LogP contribution in [-0.4, -0.2) is 23.4 Å². The normalized spacial score (nSPS) is 10.3. The monoisotopic (exact) mass is 423 g/mol. The van der Waals surface area contributed by atoms with Crippen molar-refractivity contribution in [3.63, 3.8) is 0 Å². The molecule has 0 radical (unpaired) electrons. The van der Waals surface area contributed by atoms with Crippen molar-refractivity contribution in [2.24, 2.45) is 0 Å². The van der Waals surface area contributed by atoms with Crippen molar-refractivity contribution in [1.29, 1.82) is 5.26 Å². The maximum Gasteiger partial charge on any atom is 0.357 e. The van der Waals surface area contributed by atoms with Crippen LogP contribution in [0.3, 0.4) is 0 Å². The van der Waals surface area contributed by atoms with Crippen molar-refractivity contribution in [3.8, 4) is 11.8 Å². The third kappa shape index (κ3) is 3.35. The molecular formula is C20H14BrN3O3. The highest BCUT2D eigenvalue weighted by Gasteiger charge is 2.24. The predicted octanol–water partition coefficient (Wildman–Crippen LogP) is 3.71. The number of ether oxygens (including phenoxy) is 1. The molecule has 0 saturated heterocycles. The van der Waals surface area contributed by atoms with Crippen LogP contribution in [-0.2, 0) is 4.74 Å². The molecule has 3 rings (SSSR count). The SMILES string of the molecule is COC(=O)c1c(N)c(C#N)cn1-c1ccc(Br)cc1C(=O)c1ccccc1. The lowest BCUT2D eigenvalue weighted by molar-refractivity contribution is 0.0592. The fourth-order valence-corrected chi connectivity index (χ4v) is 3.11. The first kappa shape index (κ1) is 18.4. The molecule has 0 aliphatic rings. The number of methoxy groups -OCH3 is 1. The molecule has 0 aliphatic carbocycles. The van der Waals surface area contributed by atoms with Crippen molar-refractivity contribution in [3.05, 3.63) is 81.6 Å². The fraction of sp³-hybridized carbons (Fsp3) is 0.0500. The largest absolute Gasteiger partial charge is 0.464 e. The van der Waals surface area contributed by atoms with Gasteiger partial charge in [-0.15, -0.1) is 0 Å². The number of nitrogens with zero attached hydrogens (tertiary/aromatic N) is 2. The molecule has 0 aliphatic heterocycles. The molecule has 0 unspecified atom stereocenters. The van der Waals surface area contributed by atoms with Crippen molar-refractivity contribution in [2.75, 3.05) is 12.8 Å². The third-order valence-corrected chi connectivity index (χ3v) is 4.54. The number of rotatable bonds is 4. The fourth-order valence-electron chi connectivity index (χ4n) is 2.75. The summed E-state index contributed by atoms with van der Waals surface area (Å²) in [5, 5.41) is 9.29. The van der Waals surface area contributed by atoms with Crippen LogP contribution in [0.2, 0.25) is 0 Å². The molecule has 0 saturated carbocycles. The van der Waals surface area contributed by atoms with E-state index in [-0.39, 0.29) is 22.7 Å². The third-order valence-electron chi connectivity index (χ3n) is 4.04. The lowest BCUT2D eigenvalue weighted by Gasteiger charge is -2.13. The van der Waals surface area contributed by atoms with Gasteiger partial charge in [0, 0.05) is 21.8 Å². The zero-order chi connectivity index (χ0) is 19.6. The summed E-state index contributed by atoms with van der Waals surface area (Å²) in [5.74, 6) is -0.927. The molecule has 27 heavy (non-hydrogen) atoms. The van der Waals surface area contributed by atoms with Gasteiger partial charge in [-0.05, 0) is 18.2 Å². The molecule has 0 bridgehead atoms. The van der Waals surface area contributed by atoms with Crippen LogP contribution in [0.1, 0.15) is 32.0 Å². The number of hydrogen-bond donors (Lipinski definition) is 1. The Morgan fingerprint density at radius 1 is 1.19 bits per heavy atom. The van der Waals surface area contributed by atoms with E-state index < -0.39 is 5.97 Å². The highest BCUT2D eigenvalue weighted by atomic mass is 79.9. The molecule has 2 N–H and O–H groups in total. The Labute approximate surface area is 163 Å². The minimum Gasteiger partial charge on any atom is -0.464 e. The molecule has 1 aromatic heterocycles. The number of benzene rings is 2. The number of halogens is 1. The smallest absolute Gasteiger partial charge is 0.357 e. The first-order valence-electron chi connectivity index (χ1n) is 7.86. The van der Waals surface area contributed by atoms with E-state index in [1.807, 2.05) is 12.1 Å². The molecule has 6 nitrogen and oxygen atoms in total. The summed E-state index contributed by atoms with van der Waals surface area (Å²) in [6.45, 7) is 0. The Morgan fingerprint density at radius 3 is 2.52 bits per heavy atom. The lowest BCUT2D eigenvalue weighted by Crippen LogP contribution is -2.14. The number of nitrogens with two attached hydrogens (primary N) is 1. The van der Waals surface area contributed by atoms with Crippen LogP contribution in [0.5, 0.6) is 0 Å². The van der Waals surface area contributed by atoms with Crippen molar-refractivity contribution >= 4 is 33.4 Å². The average molecular weight is 424 g/mol. The van der Waals surface area contributed by atoms with Gasteiger partial charge in [0.05, 0.1) is 24.0 Å². The van der Waals surface area contributed by atoms with Gasteiger partial charge in [-0.3, -0.25) is 4.79 Å². The Hall–Kier alpha value is -3.37. The Kier molecular flexibility index (Phi) is 5.10. The topological polar surface area (TPSA) is 98.1 Å². The molecule has 7 heteroatoms. The number of hydrogen-bond acceptors (Lipinski definition) is 5. The second kappa shape index (κ2) is 7.48. The number of anilines is 1. The highest BCUT2D eigenvalue weighted by molar-refractivity contribution is 9.10. The molecule has 0 fully saturated rings. The van der Waals surface area contributed by atoms with E-state index in [2.05, 4.69) is 15.9 Å². The van der Waals surface area contributed by atoms with Crippen LogP contribution < -0.4 is 5.73 Å². The number of aromatic nitrogens is 1. The summed E-state index contributed by atoms with van der Waals surface area (Å²) in [5.41, 5.74) is 7.34. The number of nitrogen functional groups attached to an aromatic ring is 1. The second-order valence-electron chi connectivity index (χ2n) is 5.64. The summed E-state index contributed by atoms with van der Waals surface area (Å²) in [6.07, 6.45) is 1.42. The van der Waals surface area contributed by atoms with Gasteiger partial charge in [0.15, 0.2) is 11.5 Å². The van der Waals surface area contributed by atoms with Gasteiger partial charge in [0.25, 0.3) is 0 Å². The summed E-state index contributed by atoms with van der Waals surface area (Å²) in [7, 11) is 1.22. The molecule has 134 valence electrons. The molecule has 0 spiro atoms. The minimum atomic E-state index is -0.699. The van der Waals surface area contributed by atoms with E-state index in [1.165, 1.54) is 17.9 Å². The predicted molar refractivity (Wildman–Crippen MR) is 104 cm³/mol. The first-order valence-corrected chi connectivity index (χ1v) is 8.66. The van der Waals surface area contributed by atoms with E-state index in [0.29, 0.717) is 21.3 Å². The summed E-state index contributed by atoms with van der Waals surface area (Å²) in [6, 6.07) is 15.8. The zero-order valence-corrected chi connectivity index (χ0v) is 15.9. The van der Waals surface area contributed by atoms with Gasteiger partial charge in [0.2, 0.25) is 0 Å². The van der Waals surface area contributed by atoms with Crippen LogP contribution >= 0.6 is 15.9 Å². The van der Waals surface area contributed by atoms with Gasteiger partial charge in [-0.1, -0.05) is 46.3 Å². The number of esters is 1. The van der Waals surface area contributed by atoms with Crippen molar-refractivity contribution < 1.29 is 14.3 Å². The van der Waals surface area contributed by atoms with Crippen LogP contribution in [0.25, 0.3) is 5.69 Å². The summed E-state index contributed by atoms with van der Waals surface area (Å²) in [4.78, 5) is 25.3. The van der Waals surface area contributed by atoms with Gasteiger partial charge in [-0.2, -0.15) is 5.26 Å². The quantitative estimate of drug-likeness (QED) is 0.509. The van der Waals surface area contributed by atoms with E-state index in [0.717, 1.165) is 0 Å².